The minimum Gasteiger partial charge on any atom is -0.476 e. The van der Waals surface area contributed by atoms with Crippen LogP contribution >= 0.6 is 11.5 Å². The molecular formula is C17H26N4O7S. The zero-order valence-corrected chi connectivity index (χ0v) is 18.5. The molecule has 11 nitrogen and oxygen atoms in total. The van der Waals surface area contributed by atoms with Crippen molar-refractivity contribution in [2.45, 2.75) is 72.2 Å². The van der Waals surface area contributed by atoms with Crippen molar-refractivity contribution in [2.24, 2.45) is 5.16 Å². The Kier molecular flexibility index (Phi) is 7.30. The van der Waals surface area contributed by atoms with Crippen molar-refractivity contribution in [1.29, 1.82) is 0 Å². The van der Waals surface area contributed by atoms with E-state index in [2.05, 4.69) is 19.8 Å². The van der Waals surface area contributed by atoms with Gasteiger partial charge in [-0.15, -0.1) is 0 Å². The minimum atomic E-state index is -1.55. The van der Waals surface area contributed by atoms with Crippen LogP contribution in [0.5, 0.6) is 0 Å². The molecule has 0 unspecified atom stereocenters. The molecule has 0 aliphatic heterocycles. The Labute approximate surface area is 172 Å². The van der Waals surface area contributed by atoms with Crippen LogP contribution in [0.2, 0.25) is 0 Å². The summed E-state index contributed by atoms with van der Waals surface area (Å²) in [4.78, 5) is 44.5. The Balaban J connectivity index is 2.96. The maximum absolute atomic E-state index is 12.2. The summed E-state index contributed by atoms with van der Waals surface area (Å²) in [5, 5.41) is 15.3. The van der Waals surface area contributed by atoms with E-state index in [1.165, 1.54) is 13.8 Å². The Bertz CT molecular complexity index is 803. The van der Waals surface area contributed by atoms with E-state index in [0.29, 0.717) is 0 Å². The predicted molar refractivity (Wildman–Crippen MR) is 105 cm³/mol. The number of hydrogen-bond donors (Lipinski definition) is 2. The van der Waals surface area contributed by atoms with Gasteiger partial charge in [0.05, 0.1) is 0 Å². The average Bonchev–Trinajstić information content (AvgIpc) is 2.91. The number of anilines is 1. The number of aromatic nitrogens is 2. The topological polar surface area (TPSA) is 149 Å². The second-order valence-electron chi connectivity index (χ2n) is 8.40. The van der Waals surface area contributed by atoms with Crippen LogP contribution in [0.1, 0.15) is 61.2 Å². The van der Waals surface area contributed by atoms with Crippen molar-refractivity contribution < 1.29 is 33.8 Å². The third-order valence-corrected chi connectivity index (χ3v) is 3.33. The van der Waals surface area contributed by atoms with Crippen LogP contribution in [-0.2, 0) is 23.9 Å². The number of carbonyl (C=O) groups is 3. The van der Waals surface area contributed by atoms with Crippen LogP contribution in [0.25, 0.3) is 0 Å². The second kappa shape index (κ2) is 8.72. The van der Waals surface area contributed by atoms with E-state index in [0.717, 1.165) is 11.5 Å². The van der Waals surface area contributed by atoms with Crippen LogP contribution in [0.3, 0.4) is 0 Å². The highest BCUT2D eigenvalue weighted by atomic mass is 32.1. The highest BCUT2D eigenvalue weighted by molar-refractivity contribution is 7.10. The van der Waals surface area contributed by atoms with E-state index < -0.39 is 40.5 Å². The van der Waals surface area contributed by atoms with Gasteiger partial charge in [-0.3, -0.25) is 5.32 Å². The fourth-order valence-electron chi connectivity index (χ4n) is 1.53. The molecule has 0 fully saturated rings. The van der Waals surface area contributed by atoms with Gasteiger partial charge in [0.25, 0.3) is 0 Å². The summed E-state index contributed by atoms with van der Waals surface area (Å²) in [6.45, 7) is 12.9. The van der Waals surface area contributed by atoms with Gasteiger partial charge < -0.3 is 19.4 Å². The largest absolute Gasteiger partial charge is 0.476 e. The van der Waals surface area contributed by atoms with Crippen LogP contribution in [0.15, 0.2) is 5.16 Å². The van der Waals surface area contributed by atoms with E-state index in [1.807, 2.05) is 0 Å². The first-order valence-corrected chi connectivity index (χ1v) is 9.34. The van der Waals surface area contributed by atoms with Gasteiger partial charge in [0, 0.05) is 11.5 Å². The van der Waals surface area contributed by atoms with Crippen molar-refractivity contribution >= 4 is 40.4 Å². The molecule has 0 saturated carbocycles. The van der Waals surface area contributed by atoms with Crippen LogP contribution < -0.4 is 5.32 Å². The summed E-state index contributed by atoms with van der Waals surface area (Å²) in [6, 6.07) is 0. The molecular weight excluding hydrogens is 404 g/mol. The number of carbonyl (C=O) groups excluding carboxylic acids is 2. The Morgan fingerprint density at radius 2 is 1.55 bits per heavy atom. The minimum absolute atomic E-state index is 0.00889. The third kappa shape index (κ3) is 8.42. The molecule has 0 radical (unpaired) electrons. The van der Waals surface area contributed by atoms with Gasteiger partial charge in [0.15, 0.2) is 0 Å². The number of ether oxygens (including phenoxy) is 2. The Morgan fingerprint density at radius 1 is 1.00 bits per heavy atom. The highest BCUT2D eigenvalue weighted by Gasteiger charge is 2.36. The molecule has 12 heteroatoms. The van der Waals surface area contributed by atoms with Gasteiger partial charge >= 0.3 is 18.0 Å². The van der Waals surface area contributed by atoms with E-state index in [-0.39, 0.29) is 11.0 Å². The molecule has 1 aromatic rings. The Hall–Kier alpha value is -2.76. The number of esters is 1. The number of aliphatic carboxylic acids is 1. The summed E-state index contributed by atoms with van der Waals surface area (Å²) >= 11 is 0.733. The van der Waals surface area contributed by atoms with Crippen LogP contribution in [-0.4, -0.2) is 55.0 Å². The molecule has 0 aliphatic carbocycles. The molecule has 29 heavy (non-hydrogen) atoms. The molecule has 1 aromatic heterocycles. The lowest BCUT2D eigenvalue weighted by Gasteiger charge is -2.26. The van der Waals surface area contributed by atoms with E-state index in [9.17, 15) is 19.5 Å². The van der Waals surface area contributed by atoms with Crippen molar-refractivity contribution in [2.75, 3.05) is 5.32 Å². The number of oxime groups is 1. The van der Waals surface area contributed by atoms with E-state index in [4.69, 9.17) is 14.3 Å². The van der Waals surface area contributed by atoms with Gasteiger partial charge in [-0.25, -0.2) is 14.4 Å². The molecule has 1 heterocycles. The van der Waals surface area contributed by atoms with Crippen LogP contribution in [0, 0.1) is 0 Å². The van der Waals surface area contributed by atoms with E-state index in [1.54, 1.807) is 41.5 Å². The first-order valence-electron chi connectivity index (χ1n) is 8.57. The summed E-state index contributed by atoms with van der Waals surface area (Å²) in [7, 11) is 0. The Morgan fingerprint density at radius 3 is 2.03 bits per heavy atom. The predicted octanol–water partition coefficient (Wildman–Crippen LogP) is 2.81. The molecule has 0 aromatic carbocycles. The summed E-state index contributed by atoms with van der Waals surface area (Å²) in [5.74, 6) is -2.50. The maximum Gasteiger partial charge on any atom is 0.414 e. The van der Waals surface area contributed by atoms with E-state index >= 15 is 0 Å². The number of nitrogens with zero attached hydrogens (tertiary/aromatic N) is 3. The number of carboxylic acid groups (broad SMARTS) is 1. The van der Waals surface area contributed by atoms with Gasteiger partial charge in [-0.2, -0.15) is 9.36 Å². The molecule has 0 bridgehead atoms. The standard InChI is InChI=1S/C17H26N4O7S/c1-15(2,3)26-12(24)17(7,8)28-20-9(11(22)23)10-18-13(29-21-10)19-14(25)27-16(4,5)6/h1-8H3,(H,22,23)(H,18,19,21,25). The normalized spacial score (nSPS) is 12.9. The first kappa shape index (κ1) is 24.3. The average molecular weight is 430 g/mol. The fraction of sp³-hybridized carbons (Fsp3) is 0.647. The van der Waals surface area contributed by atoms with Crippen molar-refractivity contribution in [3.05, 3.63) is 5.82 Å². The van der Waals surface area contributed by atoms with Gasteiger partial charge in [0.2, 0.25) is 22.3 Å². The summed E-state index contributed by atoms with van der Waals surface area (Å²) < 4.78 is 14.1. The summed E-state index contributed by atoms with van der Waals surface area (Å²) in [6.07, 6.45) is -0.767. The number of nitrogens with one attached hydrogen (secondary N) is 1. The van der Waals surface area contributed by atoms with Gasteiger partial charge in [-0.1, -0.05) is 5.16 Å². The van der Waals surface area contributed by atoms with Gasteiger partial charge in [0.1, 0.15) is 11.2 Å². The molecule has 0 spiro atoms. The fourth-order valence-corrected chi connectivity index (χ4v) is 2.09. The first-order chi connectivity index (χ1) is 13.0. The lowest BCUT2D eigenvalue weighted by atomic mass is 10.1. The lowest BCUT2D eigenvalue weighted by Crippen LogP contribution is -2.40. The van der Waals surface area contributed by atoms with Crippen molar-refractivity contribution in [3.8, 4) is 0 Å². The third-order valence-electron chi connectivity index (χ3n) is 2.70. The highest BCUT2D eigenvalue weighted by Crippen LogP contribution is 2.19. The molecule has 2 N–H and O–H groups in total. The molecule has 0 atom stereocenters. The molecule has 1 amide bonds. The molecule has 162 valence electrons. The molecule has 1 rings (SSSR count). The second-order valence-corrected chi connectivity index (χ2v) is 9.15. The zero-order valence-electron chi connectivity index (χ0n) is 17.6. The number of amides is 1. The SMILES string of the molecule is CC(C)(C)OC(=O)Nc1nc(C(=NOC(C)(C)C(=O)OC(C)(C)C)C(=O)O)ns1. The lowest BCUT2D eigenvalue weighted by molar-refractivity contribution is -0.179. The van der Waals surface area contributed by atoms with Crippen molar-refractivity contribution in [1.82, 2.24) is 9.36 Å². The van der Waals surface area contributed by atoms with Crippen molar-refractivity contribution in [3.63, 3.8) is 0 Å². The van der Waals surface area contributed by atoms with Gasteiger partial charge in [-0.05, 0) is 55.4 Å². The number of hydrogen-bond acceptors (Lipinski definition) is 10. The smallest absolute Gasteiger partial charge is 0.414 e. The quantitative estimate of drug-likeness (QED) is 0.394. The monoisotopic (exact) mass is 430 g/mol. The summed E-state index contributed by atoms with van der Waals surface area (Å²) in [5.41, 5.74) is -3.67. The maximum atomic E-state index is 12.2. The number of carboxylic acids is 1. The number of rotatable bonds is 6. The zero-order chi connectivity index (χ0) is 22.6. The van der Waals surface area contributed by atoms with Crippen LogP contribution in [0.4, 0.5) is 9.93 Å². The molecule has 0 aliphatic rings. The molecule has 0 saturated heterocycles.